The Morgan fingerprint density at radius 2 is 2.29 bits per heavy atom. The number of aromatic carboxylic acids is 1. The molecule has 0 saturated carbocycles. The van der Waals surface area contributed by atoms with Crippen molar-refractivity contribution in [2.45, 2.75) is 13.0 Å². The summed E-state index contributed by atoms with van der Waals surface area (Å²) in [5.74, 6) is -1.03. The Bertz CT molecular complexity index is 559. The van der Waals surface area contributed by atoms with Gasteiger partial charge in [-0.2, -0.15) is 5.10 Å². The van der Waals surface area contributed by atoms with E-state index in [2.05, 4.69) is 5.10 Å². The third kappa shape index (κ3) is 2.09. The molecule has 1 unspecified atom stereocenters. The maximum absolute atomic E-state index is 11.0. The van der Waals surface area contributed by atoms with Crippen LogP contribution < -0.4 is 0 Å². The number of aryl methyl sites for hydroxylation is 2. The minimum absolute atomic E-state index is 0.144. The van der Waals surface area contributed by atoms with Crippen LogP contribution in [0, 0.1) is 6.92 Å². The quantitative estimate of drug-likeness (QED) is 0.869. The number of carboxylic acid groups (broad SMARTS) is 1. The first-order chi connectivity index (χ1) is 8.00. The topological polar surface area (TPSA) is 75.3 Å². The molecule has 0 aliphatic heterocycles. The highest BCUT2D eigenvalue weighted by Gasteiger charge is 2.22. The highest BCUT2D eigenvalue weighted by Crippen LogP contribution is 2.30. The summed E-state index contributed by atoms with van der Waals surface area (Å²) in [6, 6.07) is 1.50. The Kier molecular flexibility index (Phi) is 2.99. The lowest BCUT2D eigenvalue weighted by atomic mass is 10.1. The lowest BCUT2D eigenvalue weighted by molar-refractivity contribution is 0.0692. The van der Waals surface area contributed by atoms with E-state index in [1.54, 1.807) is 30.2 Å². The van der Waals surface area contributed by atoms with Crippen LogP contribution in [-0.4, -0.2) is 26.0 Å². The number of hydrogen-bond acceptors (Lipinski definition) is 4. The van der Waals surface area contributed by atoms with Crippen LogP contribution in [0.5, 0.6) is 0 Å². The van der Waals surface area contributed by atoms with Crippen LogP contribution in [0.3, 0.4) is 0 Å². The van der Waals surface area contributed by atoms with Crippen molar-refractivity contribution in [1.82, 2.24) is 9.78 Å². The maximum Gasteiger partial charge on any atom is 0.336 e. The standard InChI is InChI=1S/C11H12N2O3S/c1-6-8(5-13(2)12-6)9(14)10-7(11(15)16)3-4-17-10/h3-5,9,14H,1-2H3,(H,15,16). The first kappa shape index (κ1) is 11.8. The Labute approximate surface area is 102 Å². The lowest BCUT2D eigenvalue weighted by Crippen LogP contribution is -2.05. The Hall–Kier alpha value is -1.66. The fraction of sp³-hybridized carbons (Fsp3) is 0.273. The minimum atomic E-state index is -1.03. The number of aliphatic hydroxyl groups is 1. The normalized spacial score (nSPS) is 12.6. The largest absolute Gasteiger partial charge is 0.478 e. The predicted octanol–water partition coefficient (Wildman–Crippen LogP) is 1.57. The molecule has 2 aromatic rings. The van der Waals surface area contributed by atoms with Gasteiger partial charge >= 0.3 is 5.97 Å². The summed E-state index contributed by atoms with van der Waals surface area (Å²) < 4.78 is 1.60. The van der Waals surface area contributed by atoms with Gasteiger partial charge in [-0.05, 0) is 18.4 Å². The summed E-state index contributed by atoms with van der Waals surface area (Å²) in [7, 11) is 1.76. The van der Waals surface area contributed by atoms with Gasteiger partial charge in [0.1, 0.15) is 6.10 Å². The van der Waals surface area contributed by atoms with Crippen molar-refractivity contribution in [2.24, 2.45) is 7.05 Å². The number of rotatable bonds is 3. The van der Waals surface area contributed by atoms with Crippen LogP contribution in [-0.2, 0) is 7.05 Å². The van der Waals surface area contributed by atoms with E-state index in [1.807, 2.05) is 0 Å². The van der Waals surface area contributed by atoms with E-state index >= 15 is 0 Å². The fourth-order valence-corrected chi connectivity index (χ4v) is 2.63. The molecule has 2 rings (SSSR count). The molecule has 0 fully saturated rings. The van der Waals surface area contributed by atoms with E-state index < -0.39 is 12.1 Å². The second kappa shape index (κ2) is 4.31. The van der Waals surface area contributed by atoms with E-state index in [9.17, 15) is 9.90 Å². The third-order valence-electron chi connectivity index (χ3n) is 2.52. The second-order valence-electron chi connectivity index (χ2n) is 3.75. The summed E-state index contributed by atoms with van der Waals surface area (Å²) in [5.41, 5.74) is 1.48. The third-order valence-corrected chi connectivity index (χ3v) is 3.49. The van der Waals surface area contributed by atoms with E-state index in [4.69, 9.17) is 5.11 Å². The zero-order valence-corrected chi connectivity index (χ0v) is 10.2. The average molecular weight is 252 g/mol. The molecule has 1 atom stereocenters. The molecule has 0 aliphatic rings. The maximum atomic E-state index is 11.0. The summed E-state index contributed by atoms with van der Waals surface area (Å²) in [5, 5.41) is 25.0. The molecule has 0 radical (unpaired) electrons. The van der Waals surface area contributed by atoms with Crippen LogP contribution in [0.1, 0.15) is 32.6 Å². The Morgan fingerprint density at radius 1 is 1.59 bits per heavy atom. The molecule has 2 heterocycles. The summed E-state index contributed by atoms with van der Waals surface area (Å²) in [6.07, 6.45) is 0.764. The summed E-state index contributed by atoms with van der Waals surface area (Å²) in [6.45, 7) is 1.78. The van der Waals surface area contributed by atoms with Crippen molar-refractivity contribution in [1.29, 1.82) is 0 Å². The van der Waals surface area contributed by atoms with Crippen molar-refractivity contribution in [3.63, 3.8) is 0 Å². The van der Waals surface area contributed by atoms with Crippen molar-refractivity contribution in [2.75, 3.05) is 0 Å². The SMILES string of the molecule is Cc1nn(C)cc1C(O)c1sccc1C(=O)O. The van der Waals surface area contributed by atoms with Gasteiger partial charge in [-0.3, -0.25) is 4.68 Å². The predicted molar refractivity (Wildman–Crippen MR) is 63.3 cm³/mol. The number of aliphatic hydroxyl groups excluding tert-OH is 1. The van der Waals surface area contributed by atoms with Crippen molar-refractivity contribution in [3.05, 3.63) is 39.3 Å². The zero-order valence-electron chi connectivity index (χ0n) is 9.41. The Morgan fingerprint density at radius 3 is 2.82 bits per heavy atom. The first-order valence-corrected chi connectivity index (χ1v) is 5.87. The molecule has 0 aromatic carbocycles. The monoisotopic (exact) mass is 252 g/mol. The van der Waals surface area contributed by atoms with Gasteiger partial charge in [0, 0.05) is 18.8 Å². The van der Waals surface area contributed by atoms with E-state index in [0.29, 0.717) is 16.1 Å². The van der Waals surface area contributed by atoms with Crippen molar-refractivity contribution >= 4 is 17.3 Å². The van der Waals surface area contributed by atoms with Crippen LogP contribution in [0.25, 0.3) is 0 Å². The summed E-state index contributed by atoms with van der Waals surface area (Å²) in [4.78, 5) is 11.4. The molecular formula is C11H12N2O3S. The number of carbonyl (C=O) groups is 1. The van der Waals surface area contributed by atoms with Gasteiger partial charge in [-0.15, -0.1) is 11.3 Å². The number of aromatic nitrogens is 2. The molecule has 90 valence electrons. The molecule has 0 bridgehead atoms. The molecule has 0 aliphatic carbocycles. The number of nitrogens with zero attached hydrogens (tertiary/aromatic N) is 2. The second-order valence-corrected chi connectivity index (χ2v) is 4.70. The number of carboxylic acids is 1. The van der Waals surface area contributed by atoms with E-state index in [0.717, 1.165) is 0 Å². The van der Waals surface area contributed by atoms with Gasteiger partial charge in [0.25, 0.3) is 0 Å². The van der Waals surface area contributed by atoms with Gasteiger partial charge in [0.2, 0.25) is 0 Å². The van der Waals surface area contributed by atoms with Gasteiger partial charge in [0.15, 0.2) is 0 Å². The zero-order chi connectivity index (χ0) is 12.6. The van der Waals surface area contributed by atoms with Crippen LogP contribution >= 0.6 is 11.3 Å². The fourth-order valence-electron chi connectivity index (χ4n) is 1.74. The molecule has 6 heteroatoms. The molecule has 5 nitrogen and oxygen atoms in total. The molecule has 2 N–H and O–H groups in total. The summed E-state index contributed by atoms with van der Waals surface area (Å²) >= 11 is 1.23. The average Bonchev–Trinajstić information content (AvgIpc) is 2.83. The van der Waals surface area contributed by atoms with Gasteiger partial charge in [0.05, 0.1) is 16.1 Å². The number of thiophene rings is 1. The van der Waals surface area contributed by atoms with Gasteiger partial charge in [-0.1, -0.05) is 0 Å². The van der Waals surface area contributed by atoms with Gasteiger partial charge < -0.3 is 10.2 Å². The molecule has 0 spiro atoms. The number of hydrogen-bond donors (Lipinski definition) is 2. The highest BCUT2D eigenvalue weighted by atomic mass is 32.1. The Balaban J connectivity index is 2.43. The minimum Gasteiger partial charge on any atom is -0.478 e. The lowest BCUT2D eigenvalue weighted by Gasteiger charge is -2.08. The van der Waals surface area contributed by atoms with E-state index in [-0.39, 0.29) is 5.56 Å². The van der Waals surface area contributed by atoms with Crippen LogP contribution in [0.4, 0.5) is 0 Å². The molecule has 0 amide bonds. The van der Waals surface area contributed by atoms with Crippen molar-refractivity contribution in [3.8, 4) is 0 Å². The first-order valence-electron chi connectivity index (χ1n) is 4.99. The van der Waals surface area contributed by atoms with Gasteiger partial charge in [-0.25, -0.2) is 4.79 Å². The molecule has 0 saturated heterocycles. The molecule has 2 aromatic heterocycles. The van der Waals surface area contributed by atoms with E-state index in [1.165, 1.54) is 17.4 Å². The van der Waals surface area contributed by atoms with Crippen LogP contribution in [0.15, 0.2) is 17.6 Å². The highest BCUT2D eigenvalue weighted by molar-refractivity contribution is 7.10. The smallest absolute Gasteiger partial charge is 0.336 e. The molecule has 17 heavy (non-hydrogen) atoms. The van der Waals surface area contributed by atoms with Crippen molar-refractivity contribution < 1.29 is 15.0 Å². The van der Waals surface area contributed by atoms with Crippen LogP contribution in [0.2, 0.25) is 0 Å². The molecular weight excluding hydrogens is 240 g/mol.